The lowest BCUT2D eigenvalue weighted by atomic mass is 10.1. The number of piperazine rings is 1. The van der Waals surface area contributed by atoms with Crippen LogP contribution in [0.3, 0.4) is 0 Å². The standard InChI is InChI=1S/C20H28N4O2/c1-15(2)24-14-21-19-11-17(3-4-18(19)20(24)25)23-8-6-22(7-9-23)12-16-5-10-26-13-16/h3-4,11,14-16H,5-10,12-13H2,1-2H3. The number of hydrogen-bond acceptors (Lipinski definition) is 5. The lowest BCUT2D eigenvalue weighted by molar-refractivity contribution is 0.164. The first-order chi connectivity index (χ1) is 12.6. The highest BCUT2D eigenvalue weighted by molar-refractivity contribution is 5.81. The summed E-state index contributed by atoms with van der Waals surface area (Å²) in [5.74, 6) is 0.703. The number of anilines is 1. The van der Waals surface area contributed by atoms with E-state index in [2.05, 4.69) is 26.9 Å². The molecular formula is C20H28N4O2. The molecule has 2 aromatic rings. The van der Waals surface area contributed by atoms with Crippen LogP contribution in [0.1, 0.15) is 26.3 Å². The van der Waals surface area contributed by atoms with Gasteiger partial charge in [-0.3, -0.25) is 14.3 Å². The fraction of sp³-hybridized carbons (Fsp3) is 0.600. The van der Waals surface area contributed by atoms with Gasteiger partial charge in [0, 0.05) is 51.1 Å². The van der Waals surface area contributed by atoms with Gasteiger partial charge in [-0.1, -0.05) is 0 Å². The van der Waals surface area contributed by atoms with Crippen LogP contribution in [0.25, 0.3) is 10.9 Å². The quantitative estimate of drug-likeness (QED) is 0.840. The van der Waals surface area contributed by atoms with Crippen LogP contribution < -0.4 is 10.5 Å². The van der Waals surface area contributed by atoms with Crippen LogP contribution in [0.5, 0.6) is 0 Å². The molecule has 1 aromatic carbocycles. The largest absolute Gasteiger partial charge is 0.381 e. The van der Waals surface area contributed by atoms with Crippen molar-refractivity contribution < 1.29 is 4.74 Å². The molecule has 1 atom stereocenters. The highest BCUT2D eigenvalue weighted by Crippen LogP contribution is 2.22. The van der Waals surface area contributed by atoms with Crippen LogP contribution in [0.4, 0.5) is 5.69 Å². The Labute approximate surface area is 154 Å². The highest BCUT2D eigenvalue weighted by Gasteiger charge is 2.23. The molecule has 26 heavy (non-hydrogen) atoms. The molecule has 0 spiro atoms. The van der Waals surface area contributed by atoms with Gasteiger partial charge >= 0.3 is 0 Å². The minimum atomic E-state index is 0.0418. The van der Waals surface area contributed by atoms with Crippen molar-refractivity contribution in [1.82, 2.24) is 14.5 Å². The Morgan fingerprint density at radius 3 is 2.73 bits per heavy atom. The second kappa shape index (κ2) is 7.37. The molecule has 2 saturated heterocycles. The first-order valence-corrected chi connectivity index (χ1v) is 9.68. The van der Waals surface area contributed by atoms with E-state index < -0.39 is 0 Å². The average Bonchev–Trinajstić information content (AvgIpc) is 3.15. The SMILES string of the molecule is CC(C)n1cnc2cc(N3CCN(CC4CCOC4)CC3)ccc2c1=O. The van der Waals surface area contributed by atoms with Crippen molar-refractivity contribution in [3.8, 4) is 0 Å². The van der Waals surface area contributed by atoms with Gasteiger partial charge in [-0.2, -0.15) is 0 Å². The van der Waals surface area contributed by atoms with Crippen LogP contribution in [-0.2, 0) is 4.74 Å². The zero-order valence-electron chi connectivity index (χ0n) is 15.7. The second-order valence-corrected chi connectivity index (χ2v) is 7.77. The predicted molar refractivity (Wildman–Crippen MR) is 104 cm³/mol. The zero-order valence-corrected chi connectivity index (χ0v) is 15.7. The van der Waals surface area contributed by atoms with Crippen molar-refractivity contribution in [2.45, 2.75) is 26.3 Å². The van der Waals surface area contributed by atoms with Crippen molar-refractivity contribution in [2.24, 2.45) is 5.92 Å². The molecule has 0 saturated carbocycles. The summed E-state index contributed by atoms with van der Waals surface area (Å²) in [6.45, 7) is 11.2. The van der Waals surface area contributed by atoms with Crippen LogP contribution >= 0.6 is 0 Å². The van der Waals surface area contributed by atoms with Gasteiger partial charge < -0.3 is 9.64 Å². The van der Waals surface area contributed by atoms with Gasteiger partial charge in [0.15, 0.2) is 0 Å². The Hall–Kier alpha value is -1.92. The van der Waals surface area contributed by atoms with E-state index in [4.69, 9.17) is 4.74 Å². The topological polar surface area (TPSA) is 50.6 Å². The molecule has 6 nitrogen and oxygen atoms in total. The number of nitrogens with zero attached hydrogens (tertiary/aromatic N) is 4. The fourth-order valence-corrected chi connectivity index (χ4v) is 3.97. The average molecular weight is 356 g/mol. The van der Waals surface area contributed by atoms with Gasteiger partial charge in [0.2, 0.25) is 0 Å². The molecule has 4 rings (SSSR count). The zero-order chi connectivity index (χ0) is 18.1. The molecule has 1 unspecified atom stereocenters. The van der Waals surface area contributed by atoms with Gasteiger partial charge in [0.1, 0.15) is 0 Å². The highest BCUT2D eigenvalue weighted by atomic mass is 16.5. The maximum atomic E-state index is 12.6. The van der Waals surface area contributed by atoms with Gasteiger partial charge in [-0.25, -0.2) is 4.98 Å². The Bertz CT molecular complexity index is 818. The first kappa shape index (κ1) is 17.5. The summed E-state index contributed by atoms with van der Waals surface area (Å²) in [5, 5.41) is 0.699. The summed E-state index contributed by atoms with van der Waals surface area (Å²) >= 11 is 0. The van der Waals surface area contributed by atoms with Crippen LogP contribution in [0, 0.1) is 5.92 Å². The van der Waals surface area contributed by atoms with E-state index >= 15 is 0 Å². The lowest BCUT2D eigenvalue weighted by Gasteiger charge is -2.37. The number of ether oxygens (including phenoxy) is 1. The molecule has 140 valence electrons. The van der Waals surface area contributed by atoms with Gasteiger partial charge in [0.05, 0.1) is 23.8 Å². The molecular weight excluding hydrogens is 328 g/mol. The molecule has 3 heterocycles. The second-order valence-electron chi connectivity index (χ2n) is 7.77. The van der Waals surface area contributed by atoms with E-state index in [0.29, 0.717) is 11.3 Å². The Kier molecular flexibility index (Phi) is 4.96. The summed E-state index contributed by atoms with van der Waals surface area (Å²) in [4.78, 5) is 22.0. The third-order valence-corrected chi connectivity index (χ3v) is 5.60. The van der Waals surface area contributed by atoms with Gasteiger partial charge in [-0.05, 0) is 44.4 Å². The molecule has 6 heteroatoms. The maximum Gasteiger partial charge on any atom is 0.261 e. The van der Waals surface area contributed by atoms with Crippen LogP contribution in [-0.4, -0.2) is 60.4 Å². The Balaban J connectivity index is 1.46. The molecule has 1 aromatic heterocycles. The summed E-state index contributed by atoms with van der Waals surface area (Å²) in [7, 11) is 0. The summed E-state index contributed by atoms with van der Waals surface area (Å²) in [6, 6.07) is 6.18. The Morgan fingerprint density at radius 1 is 1.23 bits per heavy atom. The molecule has 2 fully saturated rings. The number of rotatable bonds is 4. The maximum absolute atomic E-state index is 12.6. The third-order valence-electron chi connectivity index (χ3n) is 5.60. The van der Waals surface area contributed by atoms with Crippen LogP contribution in [0.2, 0.25) is 0 Å². The van der Waals surface area contributed by atoms with E-state index in [0.717, 1.165) is 57.1 Å². The Morgan fingerprint density at radius 2 is 2.04 bits per heavy atom. The van der Waals surface area contributed by atoms with Crippen molar-refractivity contribution in [2.75, 3.05) is 50.8 Å². The monoisotopic (exact) mass is 356 g/mol. The summed E-state index contributed by atoms with van der Waals surface area (Å²) < 4.78 is 7.18. The van der Waals surface area contributed by atoms with Gasteiger partial charge in [0.25, 0.3) is 5.56 Å². The van der Waals surface area contributed by atoms with E-state index in [1.807, 2.05) is 19.9 Å². The third kappa shape index (κ3) is 3.48. The van der Waals surface area contributed by atoms with E-state index in [1.165, 1.54) is 6.42 Å². The smallest absolute Gasteiger partial charge is 0.261 e. The molecule has 0 bridgehead atoms. The number of aromatic nitrogens is 2. The van der Waals surface area contributed by atoms with Crippen molar-refractivity contribution in [3.63, 3.8) is 0 Å². The normalized spacial score (nSPS) is 21.8. The van der Waals surface area contributed by atoms with Gasteiger partial charge in [-0.15, -0.1) is 0 Å². The molecule has 0 radical (unpaired) electrons. The predicted octanol–water partition coefficient (Wildman–Crippen LogP) is 2.14. The molecule has 2 aliphatic heterocycles. The van der Waals surface area contributed by atoms with E-state index in [-0.39, 0.29) is 11.6 Å². The summed E-state index contributed by atoms with van der Waals surface area (Å²) in [6.07, 6.45) is 2.87. The number of fused-ring (bicyclic) bond motifs is 1. The van der Waals surface area contributed by atoms with E-state index in [1.54, 1.807) is 10.9 Å². The molecule has 2 aliphatic rings. The molecule has 0 aliphatic carbocycles. The van der Waals surface area contributed by atoms with E-state index in [9.17, 15) is 4.79 Å². The van der Waals surface area contributed by atoms with Crippen molar-refractivity contribution >= 4 is 16.6 Å². The van der Waals surface area contributed by atoms with Crippen LogP contribution in [0.15, 0.2) is 29.3 Å². The number of benzene rings is 1. The first-order valence-electron chi connectivity index (χ1n) is 9.68. The number of hydrogen-bond donors (Lipinski definition) is 0. The lowest BCUT2D eigenvalue weighted by Crippen LogP contribution is -2.47. The summed E-state index contributed by atoms with van der Waals surface area (Å²) in [5.41, 5.74) is 1.99. The minimum absolute atomic E-state index is 0.0418. The van der Waals surface area contributed by atoms with Crippen molar-refractivity contribution in [3.05, 3.63) is 34.9 Å². The van der Waals surface area contributed by atoms with Crippen molar-refractivity contribution in [1.29, 1.82) is 0 Å². The fourth-order valence-electron chi connectivity index (χ4n) is 3.97. The minimum Gasteiger partial charge on any atom is -0.381 e. The molecule has 0 amide bonds. The molecule has 0 N–H and O–H groups in total.